The lowest BCUT2D eigenvalue weighted by Crippen LogP contribution is -2.18. The summed E-state index contributed by atoms with van der Waals surface area (Å²) in [6.45, 7) is 5.22. The third kappa shape index (κ3) is 2.79. The minimum absolute atomic E-state index is 0.103. The van der Waals surface area contributed by atoms with Gasteiger partial charge in [-0.25, -0.2) is 0 Å². The first-order chi connectivity index (χ1) is 12.7. The van der Waals surface area contributed by atoms with Crippen LogP contribution in [-0.2, 0) is 6.54 Å². The molecule has 0 saturated heterocycles. The van der Waals surface area contributed by atoms with Crippen molar-refractivity contribution in [1.82, 2.24) is 4.57 Å². The maximum absolute atomic E-state index is 13.1. The molecule has 0 unspecified atom stereocenters. The maximum atomic E-state index is 13.1. The van der Waals surface area contributed by atoms with Gasteiger partial charge in [-0.3, -0.25) is 4.79 Å². The van der Waals surface area contributed by atoms with Crippen molar-refractivity contribution in [1.29, 1.82) is 0 Å². The zero-order valence-electron chi connectivity index (χ0n) is 15.0. The van der Waals surface area contributed by atoms with Crippen molar-refractivity contribution in [2.75, 3.05) is 12.1 Å². The number of nitrogens with zero attached hydrogens (tertiary/aromatic N) is 1. The Hall–Kier alpha value is -2.95. The van der Waals surface area contributed by atoms with Gasteiger partial charge in [0, 0.05) is 29.2 Å². The summed E-state index contributed by atoms with van der Waals surface area (Å²) in [6, 6.07) is 13.6. The number of hydrogen-bond donors (Lipinski definition) is 1. The van der Waals surface area contributed by atoms with E-state index >= 15 is 0 Å². The second-order valence-corrected chi connectivity index (χ2v) is 6.52. The number of amides is 1. The van der Waals surface area contributed by atoms with Crippen molar-refractivity contribution < 1.29 is 14.3 Å². The number of hydrogen-bond acceptors (Lipinski definition) is 3. The van der Waals surface area contributed by atoms with Gasteiger partial charge in [0.05, 0.1) is 0 Å². The van der Waals surface area contributed by atoms with E-state index in [1.807, 2.05) is 31.2 Å². The van der Waals surface area contributed by atoms with E-state index in [-0.39, 0.29) is 12.7 Å². The first kappa shape index (κ1) is 16.5. The Morgan fingerprint density at radius 1 is 1.15 bits per heavy atom. The van der Waals surface area contributed by atoms with Crippen molar-refractivity contribution in [2.24, 2.45) is 0 Å². The highest BCUT2D eigenvalue weighted by Crippen LogP contribution is 2.34. The first-order valence-electron chi connectivity index (χ1n) is 8.98. The minimum Gasteiger partial charge on any atom is -0.454 e. The van der Waals surface area contributed by atoms with Crippen LogP contribution in [0.5, 0.6) is 11.5 Å². The van der Waals surface area contributed by atoms with Gasteiger partial charge in [-0.05, 0) is 37.1 Å². The largest absolute Gasteiger partial charge is 0.454 e. The monoisotopic (exact) mass is 350 g/mol. The second-order valence-electron chi connectivity index (χ2n) is 6.52. The van der Waals surface area contributed by atoms with Crippen LogP contribution >= 0.6 is 0 Å². The van der Waals surface area contributed by atoms with Gasteiger partial charge in [0.25, 0.3) is 5.91 Å². The molecule has 0 spiro atoms. The average Bonchev–Trinajstić information content (AvgIpc) is 3.22. The van der Waals surface area contributed by atoms with E-state index in [1.54, 1.807) is 6.07 Å². The number of aromatic nitrogens is 1. The quantitative estimate of drug-likeness (QED) is 0.724. The van der Waals surface area contributed by atoms with Crippen LogP contribution in [0.3, 0.4) is 0 Å². The molecule has 4 rings (SSSR count). The lowest BCUT2D eigenvalue weighted by molar-refractivity contribution is 0.101. The summed E-state index contributed by atoms with van der Waals surface area (Å²) in [7, 11) is 0. The van der Waals surface area contributed by atoms with Gasteiger partial charge in [-0.2, -0.15) is 0 Å². The van der Waals surface area contributed by atoms with Crippen LogP contribution in [0.4, 0.5) is 5.69 Å². The standard InChI is InChI=1S/C21H22N2O3/c1-3-4-11-23-17-8-6-5-7-16(17)14(2)20(23)21(24)22-15-9-10-18-19(12-15)26-13-25-18/h5-10,12H,3-4,11,13H2,1-2H3,(H,22,24). The number of unbranched alkanes of at least 4 members (excludes halogenated alkanes) is 1. The van der Waals surface area contributed by atoms with E-state index in [1.165, 1.54) is 0 Å². The number of benzene rings is 2. The number of carbonyl (C=O) groups excluding carboxylic acids is 1. The third-order valence-electron chi connectivity index (χ3n) is 4.80. The van der Waals surface area contributed by atoms with Crippen LogP contribution in [-0.4, -0.2) is 17.3 Å². The van der Waals surface area contributed by atoms with Gasteiger partial charge in [0.2, 0.25) is 6.79 Å². The van der Waals surface area contributed by atoms with Crippen LogP contribution in [0.15, 0.2) is 42.5 Å². The molecule has 0 atom stereocenters. The van der Waals surface area contributed by atoms with Gasteiger partial charge < -0.3 is 19.4 Å². The number of fused-ring (bicyclic) bond motifs is 2. The summed E-state index contributed by atoms with van der Waals surface area (Å²) in [6.07, 6.45) is 2.11. The van der Waals surface area contributed by atoms with Crippen LogP contribution in [0.2, 0.25) is 0 Å². The topological polar surface area (TPSA) is 52.5 Å². The number of carbonyl (C=O) groups is 1. The van der Waals surface area contributed by atoms with E-state index < -0.39 is 0 Å². The highest BCUT2D eigenvalue weighted by atomic mass is 16.7. The molecule has 0 saturated carbocycles. The fourth-order valence-corrected chi connectivity index (χ4v) is 3.48. The molecule has 5 nitrogen and oxygen atoms in total. The summed E-state index contributed by atoms with van der Waals surface area (Å²) < 4.78 is 12.9. The normalized spacial score (nSPS) is 12.5. The molecule has 0 fully saturated rings. The number of para-hydroxylation sites is 1. The van der Waals surface area contributed by atoms with Gasteiger partial charge in [0.15, 0.2) is 11.5 Å². The predicted octanol–water partition coefficient (Wildman–Crippen LogP) is 4.73. The molecule has 5 heteroatoms. The Labute approximate surface area is 152 Å². The van der Waals surface area contributed by atoms with Gasteiger partial charge >= 0.3 is 0 Å². The molecule has 3 aromatic rings. The summed E-state index contributed by atoms with van der Waals surface area (Å²) in [4.78, 5) is 13.1. The van der Waals surface area contributed by atoms with E-state index in [0.29, 0.717) is 17.2 Å². The first-order valence-corrected chi connectivity index (χ1v) is 8.98. The molecule has 0 bridgehead atoms. The minimum atomic E-state index is -0.103. The lowest BCUT2D eigenvalue weighted by Gasteiger charge is -2.12. The van der Waals surface area contributed by atoms with Crippen LogP contribution in [0, 0.1) is 6.92 Å². The number of rotatable bonds is 5. The molecule has 134 valence electrons. The maximum Gasteiger partial charge on any atom is 0.272 e. The Kier molecular flexibility index (Phi) is 4.29. The van der Waals surface area contributed by atoms with Gasteiger partial charge in [-0.1, -0.05) is 31.5 Å². The van der Waals surface area contributed by atoms with Crippen molar-refractivity contribution in [3.8, 4) is 11.5 Å². The zero-order chi connectivity index (χ0) is 18.1. The van der Waals surface area contributed by atoms with Crippen molar-refractivity contribution >= 4 is 22.5 Å². The molecule has 1 aliphatic rings. The Morgan fingerprint density at radius 3 is 2.81 bits per heavy atom. The van der Waals surface area contributed by atoms with E-state index in [4.69, 9.17) is 9.47 Å². The van der Waals surface area contributed by atoms with Gasteiger partial charge in [-0.15, -0.1) is 0 Å². The predicted molar refractivity (Wildman–Crippen MR) is 102 cm³/mol. The molecule has 1 aromatic heterocycles. The Morgan fingerprint density at radius 2 is 1.96 bits per heavy atom. The summed E-state index contributed by atoms with van der Waals surface area (Å²) in [5.74, 6) is 1.26. The number of ether oxygens (including phenoxy) is 2. The highest BCUT2D eigenvalue weighted by molar-refractivity contribution is 6.08. The Balaban J connectivity index is 1.70. The number of aryl methyl sites for hydroxylation is 2. The smallest absolute Gasteiger partial charge is 0.272 e. The second kappa shape index (κ2) is 6.75. The summed E-state index contributed by atoms with van der Waals surface area (Å²) in [5, 5.41) is 4.14. The van der Waals surface area contributed by atoms with Crippen molar-refractivity contribution in [2.45, 2.75) is 33.2 Å². The van der Waals surface area contributed by atoms with Gasteiger partial charge in [0.1, 0.15) is 5.69 Å². The number of anilines is 1. The van der Waals surface area contributed by atoms with E-state index in [9.17, 15) is 4.79 Å². The van der Waals surface area contributed by atoms with E-state index in [2.05, 4.69) is 28.9 Å². The SMILES string of the molecule is CCCCn1c(C(=O)Nc2ccc3c(c2)OCO3)c(C)c2ccccc21. The fourth-order valence-electron chi connectivity index (χ4n) is 3.48. The summed E-state index contributed by atoms with van der Waals surface area (Å²) >= 11 is 0. The average molecular weight is 350 g/mol. The molecule has 26 heavy (non-hydrogen) atoms. The Bertz CT molecular complexity index is 975. The van der Waals surface area contributed by atoms with Crippen LogP contribution in [0.25, 0.3) is 10.9 Å². The van der Waals surface area contributed by atoms with Crippen LogP contribution < -0.4 is 14.8 Å². The zero-order valence-corrected chi connectivity index (χ0v) is 15.0. The lowest BCUT2D eigenvalue weighted by atomic mass is 10.1. The molecule has 0 aliphatic carbocycles. The molecular weight excluding hydrogens is 328 g/mol. The highest BCUT2D eigenvalue weighted by Gasteiger charge is 2.21. The molecule has 1 aliphatic heterocycles. The third-order valence-corrected chi connectivity index (χ3v) is 4.80. The molecule has 0 radical (unpaired) electrons. The molecular formula is C21H22N2O3. The van der Waals surface area contributed by atoms with Crippen molar-refractivity contribution in [3.05, 3.63) is 53.7 Å². The van der Waals surface area contributed by atoms with E-state index in [0.717, 1.165) is 41.5 Å². The fraction of sp³-hybridized carbons (Fsp3) is 0.286. The van der Waals surface area contributed by atoms with Crippen molar-refractivity contribution in [3.63, 3.8) is 0 Å². The van der Waals surface area contributed by atoms with Crippen LogP contribution in [0.1, 0.15) is 35.8 Å². The molecule has 2 aromatic carbocycles. The number of nitrogens with one attached hydrogen (secondary N) is 1. The molecule has 1 N–H and O–H groups in total. The molecule has 1 amide bonds. The molecule has 2 heterocycles. The summed E-state index contributed by atoms with van der Waals surface area (Å²) in [5.41, 5.74) is 3.53.